The lowest BCUT2D eigenvalue weighted by molar-refractivity contribution is 0.0708. The van der Waals surface area contributed by atoms with Gasteiger partial charge >= 0.3 is 0 Å². The van der Waals surface area contributed by atoms with Crippen LogP contribution in [0, 0.1) is 0 Å². The first-order chi connectivity index (χ1) is 10.9. The van der Waals surface area contributed by atoms with Gasteiger partial charge in [-0.2, -0.15) is 0 Å². The molecule has 0 spiro atoms. The summed E-state index contributed by atoms with van der Waals surface area (Å²) in [5.74, 6) is 2.20. The van der Waals surface area contributed by atoms with Crippen LogP contribution in [0.1, 0.15) is 43.6 Å². The maximum Gasteiger partial charge on any atom is 0.149 e. The Kier molecular flexibility index (Phi) is 4.39. The van der Waals surface area contributed by atoms with Gasteiger partial charge in [-0.05, 0) is 58.8 Å². The van der Waals surface area contributed by atoms with E-state index in [1.807, 2.05) is 43.3 Å². The summed E-state index contributed by atoms with van der Waals surface area (Å²) in [6.45, 7) is 6.36. The summed E-state index contributed by atoms with van der Waals surface area (Å²) < 4.78 is 12.2. The molecule has 1 aliphatic heterocycles. The number of hydrogen-bond donors (Lipinski definition) is 0. The lowest BCUT2D eigenvalue weighted by Crippen LogP contribution is -2.35. The molecule has 0 saturated carbocycles. The van der Waals surface area contributed by atoms with Gasteiger partial charge in [0.05, 0.1) is 0 Å². The molecule has 2 aromatic rings. The predicted molar refractivity (Wildman–Crippen MR) is 95.7 cm³/mol. The Labute approximate surface area is 142 Å². The molecule has 0 radical (unpaired) electrons. The third-order valence-corrected chi connectivity index (χ3v) is 5.35. The number of nitrogens with zero attached hydrogens (tertiary/aromatic N) is 1. The van der Waals surface area contributed by atoms with Gasteiger partial charge in [0.2, 0.25) is 0 Å². The first kappa shape index (κ1) is 16.3. The highest BCUT2D eigenvalue weighted by atomic mass is 32.1. The van der Waals surface area contributed by atoms with Gasteiger partial charge < -0.3 is 9.47 Å². The normalized spacial score (nSPS) is 20.7. The zero-order chi connectivity index (χ0) is 16.6. The molecule has 1 aromatic carbocycles. The number of benzene rings is 1. The lowest BCUT2D eigenvalue weighted by atomic mass is 9.83. The first-order valence-electron chi connectivity index (χ1n) is 8.05. The van der Waals surface area contributed by atoms with E-state index in [0.717, 1.165) is 17.9 Å². The molecule has 23 heavy (non-hydrogen) atoms. The molecular formula is C19H25NO2S. The van der Waals surface area contributed by atoms with Crippen LogP contribution in [0.5, 0.6) is 11.5 Å². The summed E-state index contributed by atoms with van der Waals surface area (Å²) in [5, 5.41) is 2.15. The Hall–Kier alpha value is -1.52. The first-order valence-corrected chi connectivity index (χ1v) is 8.93. The van der Waals surface area contributed by atoms with Crippen LogP contribution in [-0.2, 0) is 0 Å². The van der Waals surface area contributed by atoms with Crippen LogP contribution in [0.2, 0.25) is 0 Å². The fraction of sp³-hybridized carbons (Fsp3) is 0.474. The Morgan fingerprint density at radius 2 is 2.09 bits per heavy atom. The van der Waals surface area contributed by atoms with Gasteiger partial charge in [0, 0.05) is 22.4 Å². The van der Waals surface area contributed by atoms with Crippen LogP contribution in [0.25, 0.3) is 0 Å². The van der Waals surface area contributed by atoms with E-state index in [-0.39, 0.29) is 11.8 Å². The van der Waals surface area contributed by atoms with Gasteiger partial charge in [-0.1, -0.05) is 12.1 Å². The molecule has 2 heterocycles. The van der Waals surface area contributed by atoms with Gasteiger partial charge in [0.15, 0.2) is 0 Å². The third kappa shape index (κ3) is 3.54. The molecule has 2 atom stereocenters. The SMILES string of the molecule is CC(Oc1ccc2c(c1)OC(C)(C)CC2c1cccs1)N(C)C. The molecule has 2 unspecified atom stereocenters. The largest absolute Gasteiger partial charge is 0.487 e. The second-order valence-electron chi connectivity index (χ2n) is 7.01. The molecule has 3 rings (SSSR count). The predicted octanol–water partition coefficient (Wildman–Crippen LogP) is 4.73. The van der Waals surface area contributed by atoms with Crippen molar-refractivity contribution < 1.29 is 9.47 Å². The van der Waals surface area contributed by atoms with Gasteiger partial charge in [-0.25, -0.2) is 0 Å². The molecule has 0 N–H and O–H groups in total. The lowest BCUT2D eigenvalue weighted by Gasteiger charge is -2.37. The number of fused-ring (bicyclic) bond motifs is 1. The van der Waals surface area contributed by atoms with Crippen LogP contribution in [0.15, 0.2) is 35.7 Å². The van der Waals surface area contributed by atoms with Crippen LogP contribution < -0.4 is 9.47 Å². The molecule has 0 saturated heterocycles. The molecule has 0 aliphatic carbocycles. The van der Waals surface area contributed by atoms with Crippen molar-refractivity contribution in [1.29, 1.82) is 0 Å². The highest BCUT2D eigenvalue weighted by molar-refractivity contribution is 7.10. The van der Waals surface area contributed by atoms with E-state index in [0.29, 0.717) is 5.92 Å². The molecule has 0 amide bonds. The fourth-order valence-corrected chi connectivity index (χ4v) is 3.80. The molecule has 0 bridgehead atoms. The van der Waals surface area contributed by atoms with E-state index < -0.39 is 0 Å². The highest BCUT2D eigenvalue weighted by Crippen LogP contribution is 2.46. The average molecular weight is 331 g/mol. The Morgan fingerprint density at radius 1 is 1.30 bits per heavy atom. The monoisotopic (exact) mass is 331 g/mol. The van der Waals surface area contributed by atoms with Crippen LogP contribution in [0.3, 0.4) is 0 Å². The van der Waals surface area contributed by atoms with Crippen molar-refractivity contribution in [2.45, 2.75) is 44.9 Å². The van der Waals surface area contributed by atoms with E-state index in [4.69, 9.17) is 9.47 Å². The minimum atomic E-state index is -0.173. The molecule has 0 fully saturated rings. The Balaban J connectivity index is 1.94. The maximum absolute atomic E-state index is 6.24. The summed E-state index contributed by atoms with van der Waals surface area (Å²) in [6, 6.07) is 10.6. The number of hydrogen-bond acceptors (Lipinski definition) is 4. The molecule has 4 heteroatoms. The van der Waals surface area contributed by atoms with Crippen LogP contribution >= 0.6 is 11.3 Å². The molecule has 3 nitrogen and oxygen atoms in total. The van der Waals surface area contributed by atoms with Crippen molar-refractivity contribution in [1.82, 2.24) is 4.90 Å². The van der Waals surface area contributed by atoms with Crippen molar-refractivity contribution in [2.24, 2.45) is 0 Å². The second-order valence-corrected chi connectivity index (χ2v) is 7.99. The van der Waals surface area contributed by atoms with Gasteiger partial charge in [-0.3, -0.25) is 4.90 Å². The van der Waals surface area contributed by atoms with E-state index in [1.54, 1.807) is 0 Å². The standard InChI is InChI=1S/C19H25NO2S/c1-13(20(4)5)21-14-8-9-15-16(18-7-6-10-23-18)12-19(2,3)22-17(15)11-14/h6-11,13,16H,12H2,1-5H3. The van der Waals surface area contributed by atoms with Crippen molar-refractivity contribution in [3.63, 3.8) is 0 Å². The van der Waals surface area contributed by atoms with Gasteiger partial charge in [0.25, 0.3) is 0 Å². The molecular weight excluding hydrogens is 306 g/mol. The van der Waals surface area contributed by atoms with Crippen molar-refractivity contribution in [3.8, 4) is 11.5 Å². The highest BCUT2D eigenvalue weighted by Gasteiger charge is 2.35. The number of thiophene rings is 1. The van der Waals surface area contributed by atoms with Crippen LogP contribution in [0.4, 0.5) is 0 Å². The van der Waals surface area contributed by atoms with Crippen LogP contribution in [-0.4, -0.2) is 30.8 Å². The van der Waals surface area contributed by atoms with Gasteiger partial charge in [0.1, 0.15) is 23.3 Å². The Bertz CT molecular complexity index is 664. The van der Waals surface area contributed by atoms with Crippen molar-refractivity contribution >= 4 is 11.3 Å². The topological polar surface area (TPSA) is 21.7 Å². The fourth-order valence-electron chi connectivity index (χ4n) is 2.95. The summed E-state index contributed by atoms with van der Waals surface area (Å²) in [7, 11) is 4.02. The average Bonchev–Trinajstić information content (AvgIpc) is 2.99. The van der Waals surface area contributed by atoms with Crippen molar-refractivity contribution in [3.05, 3.63) is 46.2 Å². The van der Waals surface area contributed by atoms with E-state index >= 15 is 0 Å². The zero-order valence-electron chi connectivity index (χ0n) is 14.5. The summed E-state index contributed by atoms with van der Waals surface area (Å²) in [4.78, 5) is 3.44. The maximum atomic E-state index is 6.24. The summed E-state index contributed by atoms with van der Waals surface area (Å²) in [6.07, 6.45) is 1.02. The minimum absolute atomic E-state index is 0.0257. The smallest absolute Gasteiger partial charge is 0.149 e. The second kappa shape index (κ2) is 6.17. The molecule has 1 aromatic heterocycles. The molecule has 1 aliphatic rings. The summed E-state index contributed by atoms with van der Waals surface area (Å²) in [5.41, 5.74) is 1.09. The third-order valence-electron chi connectivity index (χ3n) is 4.36. The quantitative estimate of drug-likeness (QED) is 0.756. The van der Waals surface area contributed by atoms with E-state index in [2.05, 4.69) is 43.5 Å². The Morgan fingerprint density at radius 3 is 2.74 bits per heavy atom. The van der Waals surface area contributed by atoms with E-state index in [9.17, 15) is 0 Å². The van der Waals surface area contributed by atoms with Crippen molar-refractivity contribution in [2.75, 3.05) is 14.1 Å². The number of ether oxygens (including phenoxy) is 2. The van der Waals surface area contributed by atoms with Gasteiger partial charge in [-0.15, -0.1) is 11.3 Å². The summed E-state index contributed by atoms with van der Waals surface area (Å²) >= 11 is 1.82. The van der Waals surface area contributed by atoms with E-state index in [1.165, 1.54) is 10.4 Å². The minimum Gasteiger partial charge on any atom is -0.487 e. The molecule has 124 valence electrons. The zero-order valence-corrected chi connectivity index (χ0v) is 15.3. The number of rotatable bonds is 4.